The average molecular weight is 205 g/mol. The van der Waals surface area contributed by atoms with Crippen LogP contribution in [-0.2, 0) is 0 Å². The summed E-state index contributed by atoms with van der Waals surface area (Å²) >= 11 is 1.62. The molecule has 0 saturated carbocycles. The molecule has 0 radical (unpaired) electrons. The second kappa shape index (κ2) is 3.50. The molecule has 0 atom stereocenters. The number of carbonyl (C=O) groups excluding carboxylic acids is 1. The molecule has 72 valence electrons. The standard InChI is InChI=1S/C11H11NOS/c1-7(2)11(13)8-5-10-9(12-6-8)3-4-14-10/h3-7H,1-2H3. The number of Topliss-reactive ketones (excluding diaryl/α,β-unsaturated/α-hetero) is 1. The number of aromatic nitrogens is 1. The van der Waals surface area contributed by atoms with Crippen LogP contribution in [0.5, 0.6) is 0 Å². The van der Waals surface area contributed by atoms with E-state index in [-0.39, 0.29) is 11.7 Å². The normalized spacial score (nSPS) is 11.1. The predicted molar refractivity (Wildman–Crippen MR) is 58.8 cm³/mol. The SMILES string of the molecule is CC(C)C(=O)c1cnc2ccsc2c1. The molecule has 3 heteroatoms. The highest BCUT2D eigenvalue weighted by atomic mass is 32.1. The Kier molecular flexibility index (Phi) is 2.33. The van der Waals surface area contributed by atoms with E-state index in [0.29, 0.717) is 0 Å². The molecule has 2 nitrogen and oxygen atoms in total. The summed E-state index contributed by atoms with van der Waals surface area (Å²) in [6, 6.07) is 3.89. The molecule has 2 rings (SSSR count). The fraction of sp³-hybridized carbons (Fsp3) is 0.273. The van der Waals surface area contributed by atoms with Gasteiger partial charge in [0.2, 0.25) is 0 Å². The molecule has 0 aromatic carbocycles. The van der Waals surface area contributed by atoms with E-state index in [1.807, 2.05) is 31.4 Å². The van der Waals surface area contributed by atoms with Crippen molar-refractivity contribution >= 4 is 27.3 Å². The molecule has 2 aromatic heterocycles. The molecule has 0 aliphatic rings. The first-order valence-corrected chi connectivity index (χ1v) is 5.44. The third kappa shape index (κ3) is 1.55. The first-order valence-electron chi connectivity index (χ1n) is 4.56. The molecule has 0 amide bonds. The summed E-state index contributed by atoms with van der Waals surface area (Å²) in [6.45, 7) is 3.81. The molecule has 2 aromatic rings. The van der Waals surface area contributed by atoms with Gasteiger partial charge in [0.15, 0.2) is 5.78 Å². The number of hydrogen-bond acceptors (Lipinski definition) is 3. The minimum Gasteiger partial charge on any atom is -0.294 e. The maximum absolute atomic E-state index is 11.7. The number of thiophene rings is 1. The Morgan fingerprint density at radius 2 is 2.29 bits per heavy atom. The first-order chi connectivity index (χ1) is 6.68. The van der Waals surface area contributed by atoms with E-state index in [9.17, 15) is 4.79 Å². The number of nitrogens with zero attached hydrogens (tertiary/aromatic N) is 1. The number of hydrogen-bond donors (Lipinski definition) is 0. The van der Waals surface area contributed by atoms with Crippen molar-refractivity contribution in [3.8, 4) is 0 Å². The monoisotopic (exact) mass is 205 g/mol. The van der Waals surface area contributed by atoms with Gasteiger partial charge in [0.1, 0.15) is 0 Å². The van der Waals surface area contributed by atoms with E-state index >= 15 is 0 Å². The summed E-state index contributed by atoms with van der Waals surface area (Å²) in [4.78, 5) is 15.9. The lowest BCUT2D eigenvalue weighted by Crippen LogP contribution is -2.07. The van der Waals surface area contributed by atoms with Crippen molar-refractivity contribution in [2.75, 3.05) is 0 Å². The van der Waals surface area contributed by atoms with Crippen LogP contribution in [0.15, 0.2) is 23.7 Å². The molecule has 0 aliphatic carbocycles. The zero-order chi connectivity index (χ0) is 10.1. The molecule has 0 aliphatic heterocycles. The lowest BCUT2D eigenvalue weighted by Gasteiger charge is -2.02. The molecule has 14 heavy (non-hydrogen) atoms. The summed E-state index contributed by atoms with van der Waals surface area (Å²) in [5.41, 5.74) is 1.69. The molecule has 0 unspecified atom stereocenters. The van der Waals surface area contributed by atoms with Gasteiger partial charge in [-0.15, -0.1) is 11.3 Å². The highest BCUT2D eigenvalue weighted by Crippen LogP contribution is 2.20. The molecule has 0 N–H and O–H groups in total. The minimum absolute atomic E-state index is 0.0363. The molecular weight excluding hydrogens is 194 g/mol. The molecule has 0 bridgehead atoms. The lowest BCUT2D eigenvalue weighted by atomic mass is 10.0. The summed E-state index contributed by atoms with van der Waals surface area (Å²) in [6.07, 6.45) is 1.66. The predicted octanol–water partition coefficient (Wildman–Crippen LogP) is 3.14. The number of ketones is 1. The van der Waals surface area contributed by atoms with Crippen molar-refractivity contribution < 1.29 is 4.79 Å². The molecule has 0 fully saturated rings. The largest absolute Gasteiger partial charge is 0.294 e. The van der Waals surface area contributed by atoms with E-state index in [1.165, 1.54) is 0 Å². The van der Waals surface area contributed by atoms with Gasteiger partial charge >= 0.3 is 0 Å². The van der Waals surface area contributed by atoms with Gasteiger partial charge in [-0.1, -0.05) is 13.8 Å². The highest BCUT2D eigenvalue weighted by molar-refractivity contribution is 7.17. The van der Waals surface area contributed by atoms with Crippen LogP contribution in [0.4, 0.5) is 0 Å². The number of rotatable bonds is 2. The van der Waals surface area contributed by atoms with Crippen molar-refractivity contribution in [1.82, 2.24) is 4.98 Å². The fourth-order valence-corrected chi connectivity index (χ4v) is 2.09. The molecular formula is C11H11NOS. The van der Waals surface area contributed by atoms with Crippen LogP contribution in [-0.4, -0.2) is 10.8 Å². The van der Waals surface area contributed by atoms with E-state index in [2.05, 4.69) is 4.98 Å². The lowest BCUT2D eigenvalue weighted by molar-refractivity contribution is 0.0939. The Labute approximate surface area is 86.6 Å². The van der Waals surface area contributed by atoms with Crippen molar-refractivity contribution in [1.29, 1.82) is 0 Å². The van der Waals surface area contributed by atoms with E-state index in [0.717, 1.165) is 15.8 Å². The van der Waals surface area contributed by atoms with Crippen LogP contribution in [0.1, 0.15) is 24.2 Å². The maximum atomic E-state index is 11.7. The molecule has 0 spiro atoms. The van der Waals surface area contributed by atoms with Crippen LogP contribution in [0.3, 0.4) is 0 Å². The van der Waals surface area contributed by atoms with Gasteiger partial charge in [0, 0.05) is 17.7 Å². The maximum Gasteiger partial charge on any atom is 0.166 e. The molecule has 2 heterocycles. The fourth-order valence-electron chi connectivity index (χ4n) is 1.31. The van der Waals surface area contributed by atoms with Crippen molar-refractivity contribution in [2.24, 2.45) is 5.92 Å². The topological polar surface area (TPSA) is 30.0 Å². The van der Waals surface area contributed by atoms with Crippen LogP contribution in [0.25, 0.3) is 10.2 Å². The summed E-state index contributed by atoms with van der Waals surface area (Å²) in [5.74, 6) is 0.196. The van der Waals surface area contributed by atoms with Gasteiger partial charge in [-0.25, -0.2) is 0 Å². The second-order valence-electron chi connectivity index (χ2n) is 3.55. The summed E-state index contributed by atoms with van der Waals surface area (Å²) < 4.78 is 1.08. The third-order valence-corrected chi connectivity index (χ3v) is 2.96. The van der Waals surface area contributed by atoms with Crippen LogP contribution >= 0.6 is 11.3 Å². The number of carbonyl (C=O) groups is 1. The minimum atomic E-state index is 0.0363. The van der Waals surface area contributed by atoms with Gasteiger partial charge in [-0.3, -0.25) is 9.78 Å². The summed E-state index contributed by atoms with van der Waals surface area (Å²) in [5, 5.41) is 1.99. The van der Waals surface area contributed by atoms with Gasteiger partial charge < -0.3 is 0 Å². The summed E-state index contributed by atoms with van der Waals surface area (Å²) in [7, 11) is 0. The Hall–Kier alpha value is -1.22. The Morgan fingerprint density at radius 1 is 1.50 bits per heavy atom. The Bertz CT molecular complexity index is 473. The number of fused-ring (bicyclic) bond motifs is 1. The first kappa shape index (κ1) is 9.34. The Balaban J connectivity index is 2.48. The van der Waals surface area contributed by atoms with Crippen LogP contribution in [0.2, 0.25) is 0 Å². The quantitative estimate of drug-likeness (QED) is 0.705. The zero-order valence-corrected chi connectivity index (χ0v) is 8.97. The number of pyridine rings is 1. The third-order valence-electron chi connectivity index (χ3n) is 2.11. The molecule has 0 saturated heterocycles. The van der Waals surface area contributed by atoms with Gasteiger partial charge in [-0.2, -0.15) is 0 Å². The van der Waals surface area contributed by atoms with E-state index < -0.39 is 0 Å². The van der Waals surface area contributed by atoms with Crippen LogP contribution in [0, 0.1) is 5.92 Å². The van der Waals surface area contributed by atoms with Gasteiger partial charge in [-0.05, 0) is 17.5 Å². The van der Waals surface area contributed by atoms with E-state index in [4.69, 9.17) is 0 Å². The highest BCUT2D eigenvalue weighted by Gasteiger charge is 2.11. The smallest absolute Gasteiger partial charge is 0.166 e. The second-order valence-corrected chi connectivity index (χ2v) is 4.49. The van der Waals surface area contributed by atoms with Crippen molar-refractivity contribution in [3.05, 3.63) is 29.3 Å². The van der Waals surface area contributed by atoms with E-state index in [1.54, 1.807) is 17.5 Å². The van der Waals surface area contributed by atoms with Crippen molar-refractivity contribution in [3.63, 3.8) is 0 Å². The van der Waals surface area contributed by atoms with Gasteiger partial charge in [0.05, 0.1) is 10.2 Å². The zero-order valence-electron chi connectivity index (χ0n) is 8.15. The average Bonchev–Trinajstić information content (AvgIpc) is 2.62. The Morgan fingerprint density at radius 3 is 3.00 bits per heavy atom. The van der Waals surface area contributed by atoms with Gasteiger partial charge in [0.25, 0.3) is 0 Å². The van der Waals surface area contributed by atoms with Crippen LogP contribution < -0.4 is 0 Å². The van der Waals surface area contributed by atoms with Crippen molar-refractivity contribution in [2.45, 2.75) is 13.8 Å².